The SMILES string of the molecule is Cn1ccc(C(=O)Nc2ccccc2OCCN)n1. The first-order chi connectivity index (χ1) is 9.20. The molecule has 0 atom stereocenters. The Hall–Kier alpha value is -2.34. The van der Waals surface area contributed by atoms with E-state index >= 15 is 0 Å². The second-order valence-electron chi connectivity index (χ2n) is 3.96. The number of amides is 1. The van der Waals surface area contributed by atoms with Crippen LogP contribution in [0.2, 0.25) is 0 Å². The average molecular weight is 260 g/mol. The predicted molar refractivity (Wildman–Crippen MR) is 72.2 cm³/mol. The van der Waals surface area contributed by atoms with Crippen molar-refractivity contribution in [3.05, 3.63) is 42.2 Å². The van der Waals surface area contributed by atoms with Crippen molar-refractivity contribution in [1.29, 1.82) is 0 Å². The van der Waals surface area contributed by atoms with Crippen LogP contribution in [0.3, 0.4) is 0 Å². The molecule has 1 amide bonds. The summed E-state index contributed by atoms with van der Waals surface area (Å²) in [6.07, 6.45) is 1.71. The molecule has 0 aliphatic heterocycles. The molecule has 2 rings (SSSR count). The molecule has 2 aromatic rings. The molecule has 6 heteroatoms. The Morgan fingerprint density at radius 3 is 2.89 bits per heavy atom. The fourth-order valence-electron chi connectivity index (χ4n) is 1.59. The third-order valence-corrected chi connectivity index (χ3v) is 2.46. The Morgan fingerprint density at radius 2 is 2.21 bits per heavy atom. The summed E-state index contributed by atoms with van der Waals surface area (Å²) in [5.41, 5.74) is 6.36. The van der Waals surface area contributed by atoms with Gasteiger partial charge in [0, 0.05) is 19.8 Å². The standard InChI is InChI=1S/C13H16N4O2/c1-17-8-6-11(16-17)13(18)15-10-4-2-3-5-12(10)19-9-7-14/h2-6,8H,7,9,14H2,1H3,(H,15,18). The monoisotopic (exact) mass is 260 g/mol. The Balaban J connectivity index is 2.12. The molecule has 0 radical (unpaired) electrons. The first kappa shape index (κ1) is 13.1. The minimum absolute atomic E-state index is 0.274. The van der Waals surface area contributed by atoms with E-state index in [1.165, 1.54) is 0 Å². The molecule has 0 aliphatic carbocycles. The third-order valence-electron chi connectivity index (χ3n) is 2.46. The van der Waals surface area contributed by atoms with Crippen LogP contribution in [0.4, 0.5) is 5.69 Å². The number of rotatable bonds is 5. The van der Waals surface area contributed by atoms with Gasteiger partial charge in [0.05, 0.1) is 5.69 Å². The number of ether oxygens (including phenoxy) is 1. The van der Waals surface area contributed by atoms with Crippen molar-refractivity contribution in [2.45, 2.75) is 0 Å². The summed E-state index contributed by atoms with van der Waals surface area (Å²) in [6, 6.07) is 8.86. The fraction of sp³-hybridized carbons (Fsp3) is 0.231. The zero-order valence-corrected chi connectivity index (χ0v) is 10.7. The van der Waals surface area contributed by atoms with Crippen molar-refractivity contribution in [2.75, 3.05) is 18.5 Å². The quantitative estimate of drug-likeness (QED) is 0.840. The highest BCUT2D eigenvalue weighted by Gasteiger charge is 2.11. The minimum atomic E-state index is -0.274. The predicted octanol–water partition coefficient (Wildman–Crippen LogP) is 1.01. The van der Waals surface area contributed by atoms with Crippen molar-refractivity contribution in [1.82, 2.24) is 9.78 Å². The molecule has 0 fully saturated rings. The van der Waals surface area contributed by atoms with E-state index in [1.807, 2.05) is 12.1 Å². The van der Waals surface area contributed by atoms with Gasteiger partial charge in [0.1, 0.15) is 12.4 Å². The zero-order valence-electron chi connectivity index (χ0n) is 10.7. The van der Waals surface area contributed by atoms with Gasteiger partial charge in [-0.1, -0.05) is 12.1 Å². The van der Waals surface area contributed by atoms with Crippen LogP contribution in [0.1, 0.15) is 10.5 Å². The van der Waals surface area contributed by atoms with Crippen LogP contribution in [-0.2, 0) is 7.05 Å². The molecule has 0 unspecified atom stereocenters. The third kappa shape index (κ3) is 3.32. The molecular weight excluding hydrogens is 244 g/mol. The molecule has 1 heterocycles. The number of hydrogen-bond donors (Lipinski definition) is 2. The normalized spacial score (nSPS) is 10.2. The highest BCUT2D eigenvalue weighted by Crippen LogP contribution is 2.23. The summed E-state index contributed by atoms with van der Waals surface area (Å²) in [7, 11) is 1.76. The first-order valence-corrected chi connectivity index (χ1v) is 5.93. The summed E-state index contributed by atoms with van der Waals surface area (Å²) in [5.74, 6) is 0.321. The van der Waals surface area contributed by atoms with E-state index in [2.05, 4.69) is 10.4 Å². The van der Waals surface area contributed by atoms with E-state index in [4.69, 9.17) is 10.5 Å². The van der Waals surface area contributed by atoms with Crippen LogP contribution in [0.25, 0.3) is 0 Å². The lowest BCUT2D eigenvalue weighted by Crippen LogP contribution is -2.15. The van der Waals surface area contributed by atoms with Crippen molar-refractivity contribution in [3.63, 3.8) is 0 Å². The number of aromatic nitrogens is 2. The lowest BCUT2D eigenvalue weighted by molar-refractivity contribution is 0.102. The van der Waals surface area contributed by atoms with Gasteiger partial charge in [-0.05, 0) is 18.2 Å². The number of carbonyl (C=O) groups excluding carboxylic acids is 1. The molecule has 0 saturated heterocycles. The molecule has 0 aliphatic rings. The largest absolute Gasteiger partial charge is 0.490 e. The van der Waals surface area contributed by atoms with E-state index in [1.54, 1.807) is 36.1 Å². The fourth-order valence-corrected chi connectivity index (χ4v) is 1.59. The first-order valence-electron chi connectivity index (χ1n) is 5.93. The lowest BCUT2D eigenvalue weighted by Gasteiger charge is -2.10. The molecule has 100 valence electrons. The van der Waals surface area contributed by atoms with Crippen LogP contribution < -0.4 is 15.8 Å². The number of nitrogens with one attached hydrogen (secondary N) is 1. The van der Waals surface area contributed by atoms with E-state index < -0.39 is 0 Å². The van der Waals surface area contributed by atoms with Crippen molar-refractivity contribution < 1.29 is 9.53 Å². The molecular formula is C13H16N4O2. The maximum atomic E-state index is 12.0. The van der Waals surface area contributed by atoms with E-state index in [9.17, 15) is 4.79 Å². The lowest BCUT2D eigenvalue weighted by atomic mass is 10.3. The summed E-state index contributed by atoms with van der Waals surface area (Å²) in [6.45, 7) is 0.818. The van der Waals surface area contributed by atoms with Gasteiger partial charge in [-0.3, -0.25) is 9.48 Å². The van der Waals surface area contributed by atoms with Crippen LogP contribution in [0.5, 0.6) is 5.75 Å². The van der Waals surface area contributed by atoms with Gasteiger partial charge in [-0.15, -0.1) is 0 Å². The van der Waals surface area contributed by atoms with Crippen molar-refractivity contribution >= 4 is 11.6 Å². The molecule has 1 aromatic carbocycles. The zero-order chi connectivity index (χ0) is 13.7. The molecule has 6 nitrogen and oxygen atoms in total. The Labute approximate surface area is 111 Å². The Kier molecular flexibility index (Phi) is 4.15. The Bertz CT molecular complexity index is 565. The topological polar surface area (TPSA) is 82.2 Å². The average Bonchev–Trinajstić information content (AvgIpc) is 2.84. The summed E-state index contributed by atoms with van der Waals surface area (Å²) < 4.78 is 7.04. The Morgan fingerprint density at radius 1 is 1.42 bits per heavy atom. The highest BCUT2D eigenvalue weighted by atomic mass is 16.5. The number of nitrogens with zero attached hydrogens (tertiary/aromatic N) is 2. The maximum Gasteiger partial charge on any atom is 0.276 e. The number of para-hydroxylation sites is 2. The molecule has 0 bridgehead atoms. The van der Waals surface area contributed by atoms with Gasteiger partial charge in [-0.2, -0.15) is 5.10 Å². The van der Waals surface area contributed by atoms with E-state index in [0.29, 0.717) is 30.3 Å². The maximum absolute atomic E-state index is 12.0. The number of benzene rings is 1. The van der Waals surface area contributed by atoms with Crippen LogP contribution >= 0.6 is 0 Å². The number of hydrogen-bond acceptors (Lipinski definition) is 4. The van der Waals surface area contributed by atoms with Crippen LogP contribution in [-0.4, -0.2) is 28.8 Å². The van der Waals surface area contributed by atoms with Gasteiger partial charge in [-0.25, -0.2) is 0 Å². The van der Waals surface area contributed by atoms with E-state index in [-0.39, 0.29) is 5.91 Å². The van der Waals surface area contributed by atoms with Gasteiger partial charge in [0.2, 0.25) is 0 Å². The van der Waals surface area contributed by atoms with Gasteiger partial charge >= 0.3 is 0 Å². The second-order valence-corrected chi connectivity index (χ2v) is 3.96. The van der Waals surface area contributed by atoms with Gasteiger partial charge in [0.25, 0.3) is 5.91 Å². The number of aryl methyl sites for hydroxylation is 1. The molecule has 0 saturated carbocycles. The number of nitrogens with two attached hydrogens (primary N) is 1. The summed E-state index contributed by atoms with van der Waals surface area (Å²) >= 11 is 0. The molecule has 0 spiro atoms. The van der Waals surface area contributed by atoms with Gasteiger partial charge < -0.3 is 15.8 Å². The van der Waals surface area contributed by atoms with Crippen molar-refractivity contribution in [3.8, 4) is 5.75 Å². The van der Waals surface area contributed by atoms with Crippen LogP contribution in [0, 0.1) is 0 Å². The van der Waals surface area contributed by atoms with Crippen molar-refractivity contribution in [2.24, 2.45) is 12.8 Å². The smallest absolute Gasteiger partial charge is 0.276 e. The van der Waals surface area contributed by atoms with E-state index in [0.717, 1.165) is 0 Å². The highest BCUT2D eigenvalue weighted by molar-refractivity contribution is 6.03. The number of carbonyl (C=O) groups is 1. The molecule has 1 aromatic heterocycles. The minimum Gasteiger partial charge on any atom is -0.490 e. The second kappa shape index (κ2) is 6.01. The number of anilines is 1. The van der Waals surface area contributed by atoms with Gasteiger partial charge in [0.15, 0.2) is 5.69 Å². The molecule has 3 N–H and O–H groups in total. The van der Waals surface area contributed by atoms with Crippen LogP contribution in [0.15, 0.2) is 36.5 Å². The molecule has 19 heavy (non-hydrogen) atoms. The summed E-state index contributed by atoms with van der Waals surface area (Å²) in [5, 5.41) is 6.81. The summed E-state index contributed by atoms with van der Waals surface area (Å²) in [4.78, 5) is 12.0.